The summed E-state index contributed by atoms with van der Waals surface area (Å²) in [5, 5.41) is 6.66. The minimum atomic E-state index is -1.88. The number of nitrogen functional groups attached to an aromatic ring is 1. The minimum Gasteiger partial charge on any atom is -0.495 e. The van der Waals surface area contributed by atoms with E-state index in [1.54, 1.807) is 54.7 Å². The normalized spacial score (nSPS) is 12.2. The molecule has 4 N–H and O–H groups in total. The molecule has 4 rings (SSSR count). The lowest BCUT2D eigenvalue weighted by Crippen LogP contribution is -2.20. The van der Waals surface area contributed by atoms with Crippen molar-refractivity contribution in [1.82, 2.24) is 9.55 Å². The Hall–Kier alpha value is -3.71. The summed E-state index contributed by atoms with van der Waals surface area (Å²) in [6.45, 7) is -1.88. The largest absolute Gasteiger partial charge is 0.495 e. The summed E-state index contributed by atoms with van der Waals surface area (Å²) < 4.78 is 24.0. The number of nitrogens with two attached hydrogens (primary N) is 1. The fraction of sp³-hybridized carbons (Fsp3) is 0.0909. The smallest absolute Gasteiger partial charge is 0.323 e. The van der Waals surface area contributed by atoms with E-state index in [-0.39, 0.29) is 5.82 Å². The summed E-state index contributed by atoms with van der Waals surface area (Å²) in [6, 6.07) is 14.5. The van der Waals surface area contributed by atoms with Crippen LogP contribution in [0.4, 0.5) is 22.0 Å². The van der Waals surface area contributed by atoms with Gasteiger partial charge in [0, 0.05) is 29.3 Å². The lowest BCUT2D eigenvalue weighted by Gasteiger charge is -2.12. The highest BCUT2D eigenvalue weighted by atomic mass is 35.5. The molecule has 4 aromatic rings. The molecule has 0 aliphatic carbocycles. The van der Waals surface area contributed by atoms with E-state index >= 15 is 0 Å². The number of carbonyl (C=O) groups is 1. The molecule has 2 heterocycles. The SMILES string of the molecule is [2H]C([2H])(c1ccnc(N)c1)n1ccc2c(NC(=O)Nc3cc(Cl)ccc3OC)cccc21. The van der Waals surface area contributed by atoms with E-state index in [1.165, 1.54) is 23.9 Å². The van der Waals surface area contributed by atoms with E-state index in [0.29, 0.717) is 38.6 Å². The van der Waals surface area contributed by atoms with Crippen LogP contribution in [0.25, 0.3) is 10.9 Å². The summed E-state index contributed by atoms with van der Waals surface area (Å²) >= 11 is 6.02. The molecule has 0 saturated heterocycles. The Morgan fingerprint density at radius 2 is 2.03 bits per heavy atom. The van der Waals surface area contributed by atoms with Crippen molar-refractivity contribution in [3.05, 3.63) is 77.6 Å². The standard InChI is InChI=1S/C22H20ClN5O2/c1-30-20-6-5-15(23)12-18(20)27-22(29)26-17-3-2-4-19-16(17)8-10-28(19)13-14-7-9-25-21(24)11-14/h2-12H,13H2,1H3,(H2,24,25)(H2,26,27,29)/i13D2. The zero-order valence-corrected chi connectivity index (χ0v) is 16.8. The first-order valence-corrected chi connectivity index (χ1v) is 9.41. The second-order valence-electron chi connectivity index (χ2n) is 6.43. The first-order valence-electron chi connectivity index (χ1n) is 10.0. The number of nitrogens with one attached hydrogen (secondary N) is 2. The lowest BCUT2D eigenvalue weighted by atomic mass is 10.2. The molecule has 8 heteroatoms. The third-order valence-electron chi connectivity index (χ3n) is 4.42. The van der Waals surface area contributed by atoms with E-state index in [4.69, 9.17) is 24.8 Å². The van der Waals surface area contributed by atoms with Gasteiger partial charge in [0.1, 0.15) is 11.6 Å². The van der Waals surface area contributed by atoms with Crippen LogP contribution in [0.1, 0.15) is 8.30 Å². The van der Waals surface area contributed by atoms with Crippen molar-refractivity contribution in [1.29, 1.82) is 0 Å². The van der Waals surface area contributed by atoms with Crippen molar-refractivity contribution in [2.45, 2.75) is 6.50 Å². The Bertz CT molecular complexity index is 1310. The highest BCUT2D eigenvalue weighted by molar-refractivity contribution is 6.31. The fourth-order valence-corrected chi connectivity index (χ4v) is 3.26. The van der Waals surface area contributed by atoms with Crippen LogP contribution in [-0.4, -0.2) is 22.7 Å². The van der Waals surface area contributed by atoms with E-state index < -0.39 is 12.5 Å². The van der Waals surface area contributed by atoms with Crippen molar-refractivity contribution in [3.63, 3.8) is 0 Å². The highest BCUT2D eigenvalue weighted by Crippen LogP contribution is 2.29. The van der Waals surface area contributed by atoms with Gasteiger partial charge in [-0.2, -0.15) is 0 Å². The zero-order valence-electron chi connectivity index (χ0n) is 18.0. The predicted octanol–water partition coefficient (Wildman–Crippen LogP) is 4.97. The van der Waals surface area contributed by atoms with Crippen molar-refractivity contribution < 1.29 is 12.3 Å². The number of urea groups is 1. The molecule has 0 aliphatic heterocycles. The second kappa shape index (κ2) is 8.34. The predicted molar refractivity (Wildman–Crippen MR) is 120 cm³/mol. The lowest BCUT2D eigenvalue weighted by molar-refractivity contribution is 0.262. The number of nitrogens with zero attached hydrogens (tertiary/aromatic N) is 2. The number of benzene rings is 2. The molecule has 0 radical (unpaired) electrons. The van der Waals surface area contributed by atoms with Crippen molar-refractivity contribution in [2.24, 2.45) is 0 Å². The minimum absolute atomic E-state index is 0.235. The topological polar surface area (TPSA) is 94.2 Å². The molecule has 0 spiro atoms. The number of hydrogen-bond acceptors (Lipinski definition) is 4. The molecule has 0 unspecified atom stereocenters. The van der Waals surface area contributed by atoms with Crippen molar-refractivity contribution in [3.8, 4) is 5.75 Å². The molecule has 2 aromatic carbocycles. The van der Waals surface area contributed by atoms with Gasteiger partial charge in [-0.05, 0) is 54.1 Å². The van der Waals surface area contributed by atoms with Gasteiger partial charge in [-0.25, -0.2) is 9.78 Å². The number of halogens is 1. The number of methoxy groups -OCH3 is 1. The average Bonchev–Trinajstić information content (AvgIpc) is 3.20. The maximum atomic E-state index is 12.6. The van der Waals surface area contributed by atoms with Crippen LogP contribution < -0.4 is 21.1 Å². The van der Waals surface area contributed by atoms with Gasteiger partial charge >= 0.3 is 6.03 Å². The van der Waals surface area contributed by atoms with Crippen molar-refractivity contribution in [2.75, 3.05) is 23.5 Å². The Morgan fingerprint density at radius 1 is 1.20 bits per heavy atom. The van der Waals surface area contributed by atoms with Gasteiger partial charge in [-0.15, -0.1) is 0 Å². The van der Waals surface area contributed by atoms with Crippen LogP contribution >= 0.6 is 11.6 Å². The molecular weight excluding hydrogens is 402 g/mol. The summed E-state index contributed by atoms with van der Waals surface area (Å²) in [4.78, 5) is 16.6. The summed E-state index contributed by atoms with van der Waals surface area (Å²) in [7, 11) is 1.50. The maximum absolute atomic E-state index is 12.6. The Kier molecular flexibility index (Phi) is 4.78. The molecule has 152 valence electrons. The number of pyridine rings is 1. The number of aromatic nitrogens is 2. The number of carbonyl (C=O) groups excluding carboxylic acids is 1. The molecular formula is C22H20ClN5O2. The van der Waals surface area contributed by atoms with E-state index in [0.717, 1.165) is 0 Å². The van der Waals surface area contributed by atoms with Crippen LogP contribution in [0.15, 0.2) is 67.0 Å². The number of hydrogen-bond donors (Lipinski definition) is 3. The Balaban J connectivity index is 1.64. The molecule has 2 amide bonds. The molecule has 0 aliphatic rings. The molecule has 30 heavy (non-hydrogen) atoms. The van der Waals surface area contributed by atoms with Gasteiger partial charge in [0.15, 0.2) is 0 Å². The molecule has 0 saturated carbocycles. The number of amides is 2. The van der Waals surface area contributed by atoms with Gasteiger partial charge in [0.2, 0.25) is 0 Å². The molecule has 7 nitrogen and oxygen atoms in total. The quantitative estimate of drug-likeness (QED) is 0.422. The number of rotatable bonds is 5. The number of ether oxygens (including phenoxy) is 1. The Labute approximate surface area is 181 Å². The zero-order chi connectivity index (χ0) is 22.9. The van der Waals surface area contributed by atoms with Crippen LogP contribution in [0.2, 0.25) is 5.02 Å². The Morgan fingerprint density at radius 3 is 2.83 bits per heavy atom. The van der Waals surface area contributed by atoms with Gasteiger partial charge in [-0.1, -0.05) is 17.7 Å². The molecule has 0 fully saturated rings. The van der Waals surface area contributed by atoms with Crippen LogP contribution in [0, 0.1) is 0 Å². The first kappa shape index (κ1) is 17.2. The van der Waals surface area contributed by atoms with Crippen LogP contribution in [-0.2, 0) is 6.50 Å². The molecule has 0 bridgehead atoms. The summed E-state index contributed by atoms with van der Waals surface area (Å²) in [5.74, 6) is 0.706. The second-order valence-corrected chi connectivity index (χ2v) is 6.87. The molecule has 2 aromatic heterocycles. The summed E-state index contributed by atoms with van der Waals surface area (Å²) in [5.41, 5.74) is 7.65. The third kappa shape index (κ3) is 4.16. The van der Waals surface area contributed by atoms with Gasteiger partial charge in [0.05, 0.1) is 26.7 Å². The van der Waals surface area contributed by atoms with Gasteiger partial charge in [0.25, 0.3) is 0 Å². The van der Waals surface area contributed by atoms with Gasteiger partial charge < -0.3 is 25.7 Å². The summed E-state index contributed by atoms with van der Waals surface area (Å²) in [6.07, 6.45) is 3.10. The van der Waals surface area contributed by atoms with E-state index in [9.17, 15) is 4.79 Å². The van der Waals surface area contributed by atoms with Gasteiger partial charge in [-0.3, -0.25) is 0 Å². The van der Waals surface area contributed by atoms with Crippen LogP contribution in [0.3, 0.4) is 0 Å². The fourth-order valence-electron chi connectivity index (χ4n) is 3.08. The number of fused-ring (bicyclic) bond motifs is 1. The third-order valence-corrected chi connectivity index (χ3v) is 4.66. The van der Waals surface area contributed by atoms with Crippen molar-refractivity contribution >= 4 is 45.7 Å². The molecule has 0 atom stereocenters. The highest BCUT2D eigenvalue weighted by Gasteiger charge is 2.12. The van der Waals surface area contributed by atoms with Crippen LogP contribution in [0.5, 0.6) is 5.75 Å². The number of anilines is 3. The van der Waals surface area contributed by atoms with E-state index in [1.807, 2.05) is 0 Å². The maximum Gasteiger partial charge on any atom is 0.323 e. The van der Waals surface area contributed by atoms with E-state index in [2.05, 4.69) is 15.6 Å². The monoisotopic (exact) mass is 423 g/mol. The average molecular weight is 424 g/mol. The first-order chi connectivity index (χ1) is 15.3.